The van der Waals surface area contributed by atoms with Gasteiger partial charge in [0.05, 0.1) is 25.4 Å². The van der Waals surface area contributed by atoms with Crippen LogP contribution in [0.4, 0.5) is 11.4 Å². The number of methoxy groups -OCH3 is 1. The predicted molar refractivity (Wildman–Crippen MR) is 82.3 cm³/mol. The van der Waals surface area contributed by atoms with Crippen LogP contribution in [0.3, 0.4) is 0 Å². The Hall–Kier alpha value is -1.79. The molecule has 1 saturated heterocycles. The van der Waals surface area contributed by atoms with Gasteiger partial charge in [0.25, 0.3) is 0 Å². The summed E-state index contributed by atoms with van der Waals surface area (Å²) < 4.78 is 5.20. The average Bonchev–Trinajstić information content (AvgIpc) is 2.89. The quantitative estimate of drug-likeness (QED) is 0.703. The van der Waals surface area contributed by atoms with Gasteiger partial charge in [0.2, 0.25) is 5.91 Å². The van der Waals surface area contributed by atoms with Crippen LogP contribution in [0, 0.1) is 5.92 Å². The van der Waals surface area contributed by atoms with Crippen molar-refractivity contribution in [3.05, 3.63) is 18.2 Å². The summed E-state index contributed by atoms with van der Waals surface area (Å²) in [5.41, 5.74) is 6.89. The Morgan fingerprint density at radius 2 is 2.38 bits per heavy atom. The van der Waals surface area contributed by atoms with Crippen molar-refractivity contribution in [3.63, 3.8) is 0 Å². The van der Waals surface area contributed by atoms with Gasteiger partial charge >= 0.3 is 0 Å². The number of carbonyl (C=O) groups excluding carboxylic acids is 1. The van der Waals surface area contributed by atoms with Crippen molar-refractivity contribution in [1.29, 1.82) is 0 Å². The topological polar surface area (TPSA) is 87.8 Å². The number of hydrogen-bond acceptors (Lipinski definition) is 5. The van der Waals surface area contributed by atoms with Crippen LogP contribution in [-0.4, -0.2) is 48.8 Å². The predicted octanol–water partition coefficient (Wildman–Crippen LogP) is 0.919. The summed E-state index contributed by atoms with van der Waals surface area (Å²) in [4.78, 5) is 14.1. The van der Waals surface area contributed by atoms with Crippen molar-refractivity contribution in [2.45, 2.75) is 19.4 Å². The molecular formula is C15H23N3O3. The Bertz CT molecular complexity index is 505. The molecule has 21 heavy (non-hydrogen) atoms. The Morgan fingerprint density at radius 3 is 3.00 bits per heavy atom. The summed E-state index contributed by atoms with van der Waals surface area (Å²) in [5.74, 6) is 0.708. The lowest BCUT2D eigenvalue weighted by Crippen LogP contribution is -2.32. The lowest BCUT2D eigenvalue weighted by molar-refractivity contribution is -0.117. The van der Waals surface area contributed by atoms with Gasteiger partial charge in [-0.15, -0.1) is 0 Å². The minimum Gasteiger partial charge on any atom is -0.494 e. The van der Waals surface area contributed by atoms with Gasteiger partial charge < -0.3 is 20.9 Å². The van der Waals surface area contributed by atoms with Gasteiger partial charge in [-0.1, -0.05) is 0 Å². The van der Waals surface area contributed by atoms with Gasteiger partial charge in [-0.3, -0.25) is 9.69 Å². The second-order valence-corrected chi connectivity index (χ2v) is 5.53. The smallest absolute Gasteiger partial charge is 0.238 e. The monoisotopic (exact) mass is 293 g/mol. The number of nitrogens with zero attached hydrogens (tertiary/aromatic N) is 1. The number of anilines is 2. The van der Waals surface area contributed by atoms with E-state index in [1.54, 1.807) is 25.1 Å². The van der Waals surface area contributed by atoms with Gasteiger partial charge in [-0.05, 0) is 37.9 Å². The zero-order chi connectivity index (χ0) is 15.4. The summed E-state index contributed by atoms with van der Waals surface area (Å²) in [6.45, 7) is 3.70. The van der Waals surface area contributed by atoms with Crippen molar-refractivity contribution in [2.24, 2.45) is 5.92 Å². The van der Waals surface area contributed by atoms with Crippen molar-refractivity contribution < 1.29 is 14.6 Å². The highest BCUT2D eigenvalue weighted by Gasteiger charge is 2.27. The number of carbonyl (C=O) groups is 1. The highest BCUT2D eigenvalue weighted by atomic mass is 16.5. The maximum atomic E-state index is 12.1. The van der Waals surface area contributed by atoms with E-state index >= 15 is 0 Å². The van der Waals surface area contributed by atoms with Crippen LogP contribution in [0.2, 0.25) is 0 Å². The highest BCUT2D eigenvalue weighted by molar-refractivity contribution is 5.94. The molecular weight excluding hydrogens is 270 g/mol. The van der Waals surface area contributed by atoms with E-state index in [0.717, 1.165) is 19.5 Å². The van der Waals surface area contributed by atoms with Gasteiger partial charge in [0.1, 0.15) is 5.75 Å². The fourth-order valence-corrected chi connectivity index (χ4v) is 2.60. The van der Waals surface area contributed by atoms with Crippen LogP contribution >= 0.6 is 0 Å². The molecule has 1 amide bonds. The number of nitrogen functional groups attached to an aromatic ring is 1. The van der Waals surface area contributed by atoms with Crippen LogP contribution in [0.15, 0.2) is 18.2 Å². The maximum Gasteiger partial charge on any atom is 0.238 e. The molecule has 1 aromatic rings. The number of amides is 1. The number of ether oxygens (including phenoxy) is 1. The molecule has 0 spiro atoms. The minimum atomic E-state index is -0.324. The summed E-state index contributed by atoms with van der Waals surface area (Å²) in [7, 11) is 1.54. The molecule has 1 aromatic carbocycles. The summed E-state index contributed by atoms with van der Waals surface area (Å²) in [6, 6.07) is 5.13. The molecule has 2 rings (SSSR count). The minimum absolute atomic E-state index is 0.0932. The highest BCUT2D eigenvalue weighted by Crippen LogP contribution is 2.26. The van der Waals surface area contributed by atoms with Crippen molar-refractivity contribution >= 4 is 17.3 Å². The SMILES string of the molecule is COc1cc(N)ccc1NC(=O)CN1CCC(C(C)O)C1. The number of likely N-dealkylation sites (tertiary alicyclic amines) is 1. The van der Waals surface area contributed by atoms with E-state index in [2.05, 4.69) is 10.2 Å². The van der Waals surface area contributed by atoms with Crippen molar-refractivity contribution in [3.8, 4) is 5.75 Å². The number of hydrogen-bond donors (Lipinski definition) is 3. The van der Waals surface area contributed by atoms with E-state index < -0.39 is 0 Å². The zero-order valence-electron chi connectivity index (χ0n) is 12.5. The summed E-state index contributed by atoms with van der Waals surface area (Å²) in [5, 5.41) is 12.4. The van der Waals surface area contributed by atoms with E-state index in [1.807, 2.05) is 0 Å². The number of aliphatic hydroxyl groups is 1. The second-order valence-electron chi connectivity index (χ2n) is 5.53. The number of nitrogens with one attached hydrogen (secondary N) is 1. The molecule has 6 heteroatoms. The third-order valence-electron chi connectivity index (χ3n) is 3.86. The third-order valence-corrected chi connectivity index (χ3v) is 3.86. The molecule has 2 unspecified atom stereocenters. The molecule has 0 radical (unpaired) electrons. The van der Waals surface area contributed by atoms with Crippen molar-refractivity contribution in [2.75, 3.05) is 37.8 Å². The van der Waals surface area contributed by atoms with Crippen LogP contribution in [0.1, 0.15) is 13.3 Å². The third kappa shape index (κ3) is 4.09. The molecule has 0 bridgehead atoms. The first-order chi connectivity index (χ1) is 9.99. The van der Waals surface area contributed by atoms with E-state index in [9.17, 15) is 9.90 Å². The molecule has 1 aliphatic rings. The Labute approximate surface area is 124 Å². The molecule has 0 aromatic heterocycles. The first-order valence-electron chi connectivity index (χ1n) is 7.13. The second kappa shape index (κ2) is 6.78. The van der Waals surface area contributed by atoms with Crippen LogP contribution in [-0.2, 0) is 4.79 Å². The molecule has 1 heterocycles. The lowest BCUT2D eigenvalue weighted by Gasteiger charge is -2.17. The Morgan fingerprint density at radius 1 is 1.62 bits per heavy atom. The first kappa shape index (κ1) is 15.6. The molecule has 0 saturated carbocycles. The summed E-state index contributed by atoms with van der Waals surface area (Å²) >= 11 is 0. The van der Waals surface area contributed by atoms with E-state index in [0.29, 0.717) is 23.7 Å². The molecule has 1 aliphatic heterocycles. The number of nitrogens with two attached hydrogens (primary N) is 1. The van der Waals surface area contributed by atoms with Gasteiger partial charge in [-0.2, -0.15) is 0 Å². The molecule has 116 valence electrons. The number of benzene rings is 1. The number of aliphatic hydroxyl groups excluding tert-OH is 1. The van der Waals surface area contributed by atoms with Gasteiger partial charge in [0.15, 0.2) is 0 Å². The van der Waals surface area contributed by atoms with E-state index in [-0.39, 0.29) is 17.9 Å². The standard InChI is InChI=1S/C15H23N3O3/c1-10(19)11-5-6-18(8-11)9-15(20)17-13-4-3-12(16)7-14(13)21-2/h3-4,7,10-11,19H,5-6,8-9,16H2,1-2H3,(H,17,20). The van der Waals surface area contributed by atoms with Crippen LogP contribution in [0.25, 0.3) is 0 Å². The average molecular weight is 293 g/mol. The Balaban J connectivity index is 1.91. The van der Waals surface area contributed by atoms with Crippen molar-refractivity contribution in [1.82, 2.24) is 4.90 Å². The largest absolute Gasteiger partial charge is 0.494 e. The fraction of sp³-hybridized carbons (Fsp3) is 0.533. The maximum absolute atomic E-state index is 12.1. The van der Waals surface area contributed by atoms with Gasteiger partial charge in [0, 0.05) is 18.3 Å². The van der Waals surface area contributed by atoms with Crippen LogP contribution < -0.4 is 15.8 Å². The lowest BCUT2D eigenvalue weighted by atomic mass is 10.0. The Kier molecular flexibility index (Phi) is 5.03. The first-order valence-corrected chi connectivity index (χ1v) is 7.13. The van der Waals surface area contributed by atoms with E-state index in [4.69, 9.17) is 10.5 Å². The fourth-order valence-electron chi connectivity index (χ4n) is 2.60. The molecule has 1 fully saturated rings. The molecule has 6 nitrogen and oxygen atoms in total. The van der Waals surface area contributed by atoms with E-state index in [1.165, 1.54) is 7.11 Å². The normalized spacial score (nSPS) is 20.2. The van der Waals surface area contributed by atoms with Crippen LogP contribution in [0.5, 0.6) is 5.75 Å². The molecule has 2 atom stereocenters. The summed E-state index contributed by atoms with van der Waals surface area (Å²) in [6.07, 6.45) is 0.603. The van der Waals surface area contributed by atoms with Gasteiger partial charge in [-0.25, -0.2) is 0 Å². The number of rotatable bonds is 5. The zero-order valence-corrected chi connectivity index (χ0v) is 12.5. The molecule has 0 aliphatic carbocycles. The molecule has 4 N–H and O–H groups in total.